The van der Waals surface area contributed by atoms with Gasteiger partial charge in [-0.3, -0.25) is 0 Å². The van der Waals surface area contributed by atoms with Crippen molar-refractivity contribution in [1.29, 1.82) is 0 Å². The molecule has 280 valence electrons. The minimum atomic E-state index is -0.0450. The van der Waals surface area contributed by atoms with Gasteiger partial charge in [-0.1, -0.05) is 170 Å². The summed E-state index contributed by atoms with van der Waals surface area (Å²) in [5.41, 5.74) is 13.7. The number of hydrogen-bond donors (Lipinski definition) is 0. The molecule has 7 aromatic carbocycles. The summed E-state index contributed by atoms with van der Waals surface area (Å²) in [6.45, 7) is 14.0. The minimum absolute atomic E-state index is 0.0450. The molecule has 1 aromatic heterocycles. The number of para-hydroxylation sites is 4. The van der Waals surface area contributed by atoms with Crippen molar-refractivity contribution in [1.82, 2.24) is 4.57 Å². The van der Waals surface area contributed by atoms with E-state index in [2.05, 4.69) is 203 Å². The topological polar surface area (TPSA) is 8.17 Å². The van der Waals surface area contributed by atoms with E-state index in [4.69, 9.17) is 0 Å². The molecule has 56 heavy (non-hydrogen) atoms. The molecule has 0 atom stereocenters. The van der Waals surface area contributed by atoms with E-state index in [0.717, 1.165) is 11.4 Å². The highest BCUT2D eigenvalue weighted by atomic mass is 15.2. The molecule has 0 aliphatic heterocycles. The van der Waals surface area contributed by atoms with E-state index in [0.29, 0.717) is 5.92 Å². The molecule has 0 unspecified atom stereocenters. The number of rotatable bonds is 6. The fourth-order valence-corrected chi connectivity index (χ4v) is 9.29. The highest BCUT2D eigenvalue weighted by Gasteiger charge is 2.28. The summed E-state index contributed by atoms with van der Waals surface area (Å²) in [6.07, 6.45) is 6.51. The molecular weight excluding hydrogens is 677 g/mol. The van der Waals surface area contributed by atoms with Crippen molar-refractivity contribution in [3.8, 4) is 16.8 Å². The van der Waals surface area contributed by atoms with E-state index in [9.17, 15) is 0 Å². The fourth-order valence-electron chi connectivity index (χ4n) is 9.29. The molecule has 1 fully saturated rings. The predicted molar refractivity (Wildman–Crippen MR) is 242 cm³/mol. The summed E-state index contributed by atoms with van der Waals surface area (Å²) < 4.78 is 2.48. The normalized spacial score (nSPS) is 14.2. The zero-order valence-electron chi connectivity index (χ0n) is 33.9. The molecule has 1 heterocycles. The van der Waals surface area contributed by atoms with Crippen LogP contribution in [0.5, 0.6) is 0 Å². The van der Waals surface area contributed by atoms with Crippen LogP contribution in [-0.2, 0) is 10.8 Å². The van der Waals surface area contributed by atoms with Gasteiger partial charge in [-0.05, 0) is 105 Å². The van der Waals surface area contributed by atoms with Crippen LogP contribution in [0.3, 0.4) is 0 Å². The van der Waals surface area contributed by atoms with Crippen LogP contribution in [0.15, 0.2) is 152 Å². The lowest BCUT2D eigenvalue weighted by atomic mass is 9.80. The Morgan fingerprint density at radius 2 is 1.11 bits per heavy atom. The molecule has 0 N–H and O–H groups in total. The van der Waals surface area contributed by atoms with Crippen LogP contribution in [-0.4, -0.2) is 4.57 Å². The van der Waals surface area contributed by atoms with Crippen molar-refractivity contribution in [2.75, 3.05) is 4.90 Å². The lowest BCUT2D eigenvalue weighted by Crippen LogP contribution is -2.19. The average molecular weight is 731 g/mol. The first-order chi connectivity index (χ1) is 27.1. The van der Waals surface area contributed by atoms with Crippen molar-refractivity contribution in [2.45, 2.75) is 90.4 Å². The first-order valence-electron chi connectivity index (χ1n) is 20.7. The Labute approximate surface area is 333 Å². The van der Waals surface area contributed by atoms with E-state index in [-0.39, 0.29) is 10.8 Å². The molecule has 0 radical (unpaired) electrons. The van der Waals surface area contributed by atoms with Crippen molar-refractivity contribution in [3.05, 3.63) is 168 Å². The van der Waals surface area contributed by atoms with Crippen LogP contribution in [0.1, 0.15) is 96.3 Å². The second kappa shape index (κ2) is 14.2. The molecule has 0 spiro atoms. The van der Waals surface area contributed by atoms with Gasteiger partial charge in [0.15, 0.2) is 0 Å². The van der Waals surface area contributed by atoms with Gasteiger partial charge >= 0.3 is 0 Å². The zero-order valence-corrected chi connectivity index (χ0v) is 33.9. The Balaban J connectivity index is 1.40. The molecule has 9 rings (SSSR count). The van der Waals surface area contributed by atoms with Crippen LogP contribution in [0.25, 0.3) is 49.4 Å². The second-order valence-corrected chi connectivity index (χ2v) is 18.1. The molecule has 0 bridgehead atoms. The predicted octanol–water partition coefficient (Wildman–Crippen LogP) is 15.7. The summed E-state index contributed by atoms with van der Waals surface area (Å²) in [5, 5.41) is 5.23. The minimum Gasteiger partial charge on any atom is -0.308 e. The Kier molecular flexibility index (Phi) is 9.12. The highest BCUT2D eigenvalue weighted by molar-refractivity contribution is 6.15. The Morgan fingerprint density at radius 1 is 0.518 bits per heavy atom. The van der Waals surface area contributed by atoms with E-state index in [1.54, 1.807) is 0 Å². The molecule has 1 aliphatic carbocycles. The van der Waals surface area contributed by atoms with Crippen molar-refractivity contribution in [3.63, 3.8) is 0 Å². The Hall–Kier alpha value is -5.60. The van der Waals surface area contributed by atoms with Gasteiger partial charge in [0, 0.05) is 27.7 Å². The second-order valence-electron chi connectivity index (χ2n) is 18.1. The van der Waals surface area contributed by atoms with E-state index < -0.39 is 0 Å². The van der Waals surface area contributed by atoms with Crippen LogP contribution in [0, 0.1) is 0 Å². The van der Waals surface area contributed by atoms with Crippen LogP contribution in [0.4, 0.5) is 17.1 Å². The average Bonchev–Trinajstić information content (AvgIpc) is 3.56. The van der Waals surface area contributed by atoms with Gasteiger partial charge in [-0.25, -0.2) is 0 Å². The summed E-state index contributed by atoms with van der Waals surface area (Å²) >= 11 is 0. The maximum Gasteiger partial charge on any atom is 0.0782 e. The maximum atomic E-state index is 2.59. The Morgan fingerprint density at radius 3 is 1.84 bits per heavy atom. The van der Waals surface area contributed by atoms with Gasteiger partial charge < -0.3 is 9.47 Å². The molecule has 0 saturated heterocycles. The van der Waals surface area contributed by atoms with Gasteiger partial charge in [0.25, 0.3) is 0 Å². The first-order valence-corrected chi connectivity index (χ1v) is 20.7. The summed E-state index contributed by atoms with van der Waals surface area (Å²) in [6, 6.07) is 57.2. The molecule has 0 amide bonds. The molecule has 2 nitrogen and oxygen atoms in total. The third-order valence-corrected chi connectivity index (χ3v) is 12.3. The number of benzene rings is 7. The van der Waals surface area contributed by atoms with Crippen LogP contribution in [0.2, 0.25) is 0 Å². The largest absolute Gasteiger partial charge is 0.308 e. The smallest absolute Gasteiger partial charge is 0.0782 e. The lowest BCUT2D eigenvalue weighted by Gasteiger charge is -2.33. The van der Waals surface area contributed by atoms with Crippen LogP contribution >= 0.6 is 0 Å². The molecular formula is C54H54N2. The standard InChI is InChI=1S/C54H54N2/c1-53(2,3)39-34-40(54(4,5)6)36-42(35-39)55(50-33-19-30-47-45-27-14-16-32-49(45)56(52(47)50)41-24-11-8-12-25-41)48-31-15-13-26-44(48)46-29-18-23-38-22-17-28-43(51(38)46)37-20-9-7-10-21-37/h8,11-19,22-37H,7,9-10,20-21H2,1-6H3. The summed E-state index contributed by atoms with van der Waals surface area (Å²) in [7, 11) is 0. The van der Waals surface area contributed by atoms with E-state index in [1.807, 2.05) is 0 Å². The zero-order chi connectivity index (χ0) is 38.6. The molecule has 1 saturated carbocycles. The quantitative estimate of drug-likeness (QED) is 0.165. The monoisotopic (exact) mass is 730 g/mol. The highest BCUT2D eigenvalue weighted by Crippen LogP contribution is 2.49. The van der Waals surface area contributed by atoms with Crippen LogP contribution < -0.4 is 4.90 Å². The fraction of sp³-hybridized carbons (Fsp3) is 0.259. The van der Waals surface area contributed by atoms with E-state index >= 15 is 0 Å². The van der Waals surface area contributed by atoms with Gasteiger partial charge in [0.2, 0.25) is 0 Å². The number of fused-ring (bicyclic) bond motifs is 4. The summed E-state index contributed by atoms with van der Waals surface area (Å²) in [4.78, 5) is 2.59. The van der Waals surface area contributed by atoms with Gasteiger partial charge in [0.05, 0.1) is 22.4 Å². The number of hydrogen-bond acceptors (Lipinski definition) is 1. The summed E-state index contributed by atoms with van der Waals surface area (Å²) in [5.74, 6) is 0.588. The molecule has 8 aromatic rings. The molecule has 2 heteroatoms. The van der Waals surface area contributed by atoms with Gasteiger partial charge in [-0.2, -0.15) is 0 Å². The SMILES string of the molecule is CC(C)(C)c1cc(N(c2ccccc2-c2cccc3cccc(C4CCCCC4)c23)c2cccc3c4ccccc4n(-c4ccccc4)c23)cc(C(C)(C)C)c1. The van der Waals surface area contributed by atoms with Crippen molar-refractivity contribution >= 4 is 49.6 Å². The third-order valence-electron chi connectivity index (χ3n) is 12.3. The molecule has 1 aliphatic rings. The maximum absolute atomic E-state index is 2.59. The first kappa shape index (κ1) is 36.1. The number of anilines is 3. The Bertz CT molecular complexity index is 2660. The van der Waals surface area contributed by atoms with Crippen molar-refractivity contribution in [2.24, 2.45) is 0 Å². The van der Waals surface area contributed by atoms with Crippen molar-refractivity contribution < 1.29 is 0 Å². The third kappa shape index (κ3) is 6.40. The van der Waals surface area contributed by atoms with Gasteiger partial charge in [-0.15, -0.1) is 0 Å². The number of aromatic nitrogens is 1. The van der Waals surface area contributed by atoms with E-state index in [1.165, 1.54) is 104 Å². The number of nitrogens with zero attached hydrogens (tertiary/aromatic N) is 2. The lowest BCUT2D eigenvalue weighted by molar-refractivity contribution is 0.445. The van der Waals surface area contributed by atoms with Gasteiger partial charge in [0.1, 0.15) is 0 Å².